The predicted molar refractivity (Wildman–Crippen MR) is 67.3 cm³/mol. The molecule has 0 amide bonds. The number of hydrogen-bond acceptors (Lipinski definition) is 5. The first kappa shape index (κ1) is 14.9. The van der Waals surface area contributed by atoms with Crippen LogP contribution in [0, 0.1) is 0 Å². The zero-order chi connectivity index (χ0) is 14.4. The summed E-state index contributed by atoms with van der Waals surface area (Å²) in [6.07, 6.45) is 1.70. The lowest BCUT2D eigenvalue weighted by Crippen LogP contribution is -2.24. The van der Waals surface area contributed by atoms with Crippen molar-refractivity contribution in [1.29, 1.82) is 0 Å². The number of ether oxygens (including phenoxy) is 1. The lowest BCUT2D eigenvalue weighted by Gasteiger charge is -2.12. The molecule has 0 aliphatic heterocycles. The van der Waals surface area contributed by atoms with E-state index in [2.05, 4.69) is 0 Å². The second-order valence-corrected chi connectivity index (χ2v) is 3.80. The molecule has 0 unspecified atom stereocenters. The van der Waals surface area contributed by atoms with Gasteiger partial charge >= 0.3 is 11.9 Å². The number of aryl methyl sites for hydroxylation is 1. The number of aromatic nitrogens is 1. The third-order valence-corrected chi connectivity index (χ3v) is 2.45. The zero-order valence-corrected chi connectivity index (χ0v) is 10.6. The van der Waals surface area contributed by atoms with Crippen molar-refractivity contribution in [2.45, 2.75) is 19.9 Å². The van der Waals surface area contributed by atoms with Gasteiger partial charge in [0.15, 0.2) is 5.43 Å². The summed E-state index contributed by atoms with van der Waals surface area (Å²) in [5, 5.41) is 8.89. The SMILES string of the molecule is CCOC(=O)c1cc(=O)c(C(=O)O)cn1CCCN. The lowest BCUT2D eigenvalue weighted by atomic mass is 10.2. The summed E-state index contributed by atoms with van der Waals surface area (Å²) in [6, 6.07) is 0.984. The molecule has 0 saturated carbocycles. The number of hydrogen-bond donors (Lipinski definition) is 2. The molecule has 19 heavy (non-hydrogen) atoms. The van der Waals surface area contributed by atoms with Gasteiger partial charge in [-0.2, -0.15) is 0 Å². The molecule has 0 atom stereocenters. The molecule has 104 valence electrons. The number of rotatable bonds is 6. The Hall–Kier alpha value is -2.15. The zero-order valence-electron chi connectivity index (χ0n) is 10.6. The molecule has 0 bridgehead atoms. The highest BCUT2D eigenvalue weighted by Gasteiger charge is 2.17. The van der Waals surface area contributed by atoms with Gasteiger partial charge in [-0.3, -0.25) is 4.79 Å². The smallest absolute Gasteiger partial charge is 0.355 e. The van der Waals surface area contributed by atoms with Crippen molar-refractivity contribution in [2.24, 2.45) is 5.73 Å². The fourth-order valence-corrected chi connectivity index (χ4v) is 1.56. The van der Waals surface area contributed by atoms with E-state index in [1.165, 1.54) is 4.57 Å². The van der Waals surface area contributed by atoms with Gasteiger partial charge in [-0.25, -0.2) is 9.59 Å². The topological polar surface area (TPSA) is 112 Å². The highest BCUT2D eigenvalue weighted by molar-refractivity contribution is 5.90. The van der Waals surface area contributed by atoms with Crippen molar-refractivity contribution in [3.8, 4) is 0 Å². The summed E-state index contributed by atoms with van der Waals surface area (Å²) < 4.78 is 6.21. The van der Waals surface area contributed by atoms with Crippen LogP contribution in [0.1, 0.15) is 34.2 Å². The van der Waals surface area contributed by atoms with Gasteiger partial charge in [-0.05, 0) is 19.9 Å². The average molecular weight is 268 g/mol. The summed E-state index contributed by atoms with van der Waals surface area (Å²) in [5.41, 5.74) is 4.31. The summed E-state index contributed by atoms with van der Waals surface area (Å²) in [4.78, 5) is 34.2. The molecule has 0 fully saturated rings. The second-order valence-electron chi connectivity index (χ2n) is 3.80. The van der Waals surface area contributed by atoms with E-state index in [9.17, 15) is 14.4 Å². The highest BCUT2D eigenvalue weighted by atomic mass is 16.5. The standard InChI is InChI=1S/C12H16N2O5/c1-2-19-12(18)9-6-10(15)8(11(16)17)7-14(9)5-3-4-13/h6-7H,2-5,13H2,1H3,(H,16,17). The molecule has 0 spiro atoms. The van der Waals surface area contributed by atoms with E-state index in [4.69, 9.17) is 15.6 Å². The van der Waals surface area contributed by atoms with Crippen molar-refractivity contribution >= 4 is 11.9 Å². The number of carboxylic acids is 1. The van der Waals surface area contributed by atoms with Gasteiger partial charge in [-0.15, -0.1) is 0 Å². The first-order chi connectivity index (χ1) is 9.01. The maximum Gasteiger partial charge on any atom is 0.355 e. The van der Waals surface area contributed by atoms with Crippen molar-refractivity contribution in [1.82, 2.24) is 4.57 Å². The van der Waals surface area contributed by atoms with Gasteiger partial charge in [0, 0.05) is 18.8 Å². The van der Waals surface area contributed by atoms with E-state index >= 15 is 0 Å². The highest BCUT2D eigenvalue weighted by Crippen LogP contribution is 2.05. The minimum absolute atomic E-state index is 0.0327. The summed E-state index contributed by atoms with van der Waals surface area (Å²) >= 11 is 0. The van der Waals surface area contributed by atoms with Gasteiger partial charge in [-0.1, -0.05) is 0 Å². The first-order valence-electron chi connectivity index (χ1n) is 5.86. The maximum atomic E-state index is 11.7. The Bertz CT molecular complexity index is 535. The normalized spacial score (nSPS) is 10.2. The van der Waals surface area contributed by atoms with Crippen LogP contribution in [0.3, 0.4) is 0 Å². The Kier molecular flexibility index (Phi) is 5.25. The van der Waals surface area contributed by atoms with Gasteiger partial charge in [0.25, 0.3) is 0 Å². The number of nitrogens with two attached hydrogens (primary N) is 1. The number of pyridine rings is 1. The fourth-order valence-electron chi connectivity index (χ4n) is 1.56. The molecule has 1 rings (SSSR count). The molecule has 0 aliphatic rings. The predicted octanol–water partition coefficient (Wildman–Crippen LogP) is 0.0720. The van der Waals surface area contributed by atoms with E-state index in [-0.39, 0.29) is 17.9 Å². The van der Waals surface area contributed by atoms with Crippen LogP contribution in [0.2, 0.25) is 0 Å². The van der Waals surface area contributed by atoms with Crippen LogP contribution in [0.5, 0.6) is 0 Å². The first-order valence-corrected chi connectivity index (χ1v) is 5.86. The number of carbonyl (C=O) groups is 2. The van der Waals surface area contributed by atoms with E-state index in [1.54, 1.807) is 6.92 Å². The Morgan fingerprint density at radius 1 is 1.47 bits per heavy atom. The van der Waals surface area contributed by atoms with E-state index < -0.39 is 17.4 Å². The third-order valence-electron chi connectivity index (χ3n) is 2.45. The van der Waals surface area contributed by atoms with Gasteiger partial charge < -0.3 is 20.1 Å². The van der Waals surface area contributed by atoms with Crippen molar-refractivity contribution < 1.29 is 19.4 Å². The van der Waals surface area contributed by atoms with Crippen LogP contribution in [0.25, 0.3) is 0 Å². The summed E-state index contributed by atoms with van der Waals surface area (Å²) in [7, 11) is 0. The summed E-state index contributed by atoms with van der Waals surface area (Å²) in [5.74, 6) is -1.99. The average Bonchev–Trinajstić information content (AvgIpc) is 2.36. The summed E-state index contributed by atoms with van der Waals surface area (Å²) in [6.45, 7) is 2.54. The van der Waals surface area contributed by atoms with Crippen LogP contribution < -0.4 is 11.2 Å². The molecule has 0 saturated heterocycles. The molecule has 7 nitrogen and oxygen atoms in total. The Balaban J connectivity index is 3.27. The van der Waals surface area contributed by atoms with Crippen LogP contribution >= 0.6 is 0 Å². The Labute approximate surface area is 109 Å². The Morgan fingerprint density at radius 2 is 2.16 bits per heavy atom. The minimum atomic E-state index is -1.33. The quantitative estimate of drug-likeness (QED) is 0.706. The van der Waals surface area contributed by atoms with Gasteiger partial charge in [0.05, 0.1) is 6.61 Å². The van der Waals surface area contributed by atoms with Crippen LogP contribution in [0.15, 0.2) is 17.1 Å². The van der Waals surface area contributed by atoms with E-state index in [0.717, 1.165) is 12.3 Å². The molecule has 7 heteroatoms. The number of nitrogens with zero attached hydrogens (tertiary/aromatic N) is 1. The number of carboxylic acid groups (broad SMARTS) is 1. The number of esters is 1. The van der Waals surface area contributed by atoms with Crippen LogP contribution in [-0.4, -0.2) is 34.8 Å². The molecule has 1 aromatic heterocycles. The maximum absolute atomic E-state index is 11.7. The molecule has 0 aromatic carbocycles. The van der Waals surface area contributed by atoms with Crippen LogP contribution in [-0.2, 0) is 11.3 Å². The Morgan fingerprint density at radius 3 is 2.68 bits per heavy atom. The number of aromatic carboxylic acids is 1. The lowest BCUT2D eigenvalue weighted by molar-refractivity contribution is 0.0510. The van der Waals surface area contributed by atoms with Gasteiger partial charge in [0.1, 0.15) is 11.3 Å². The van der Waals surface area contributed by atoms with Crippen LogP contribution in [0.4, 0.5) is 0 Å². The molecule has 1 heterocycles. The molecule has 1 aromatic rings. The molecule has 0 radical (unpaired) electrons. The molecule has 0 aliphatic carbocycles. The fraction of sp³-hybridized carbons (Fsp3) is 0.417. The molecular weight excluding hydrogens is 252 g/mol. The van der Waals surface area contributed by atoms with Crippen molar-refractivity contribution in [2.75, 3.05) is 13.2 Å². The van der Waals surface area contributed by atoms with Crippen molar-refractivity contribution in [3.05, 3.63) is 33.7 Å². The molecular formula is C12H16N2O5. The van der Waals surface area contributed by atoms with Gasteiger partial charge in [0.2, 0.25) is 0 Å². The van der Waals surface area contributed by atoms with E-state index in [0.29, 0.717) is 19.5 Å². The monoisotopic (exact) mass is 268 g/mol. The number of carbonyl (C=O) groups excluding carboxylic acids is 1. The molecule has 3 N–H and O–H groups in total. The third kappa shape index (κ3) is 3.65. The van der Waals surface area contributed by atoms with Crippen molar-refractivity contribution in [3.63, 3.8) is 0 Å². The van der Waals surface area contributed by atoms with E-state index in [1.807, 2.05) is 0 Å². The second kappa shape index (κ2) is 6.69. The largest absolute Gasteiger partial charge is 0.477 e. The minimum Gasteiger partial charge on any atom is -0.477 e.